The molecule has 5 nitrogen and oxygen atoms in total. The minimum absolute atomic E-state index is 0.104. The largest absolute Gasteiger partial charge is 0.507 e. The lowest BCUT2D eigenvalue weighted by Crippen LogP contribution is -2.21. The molecule has 0 spiro atoms. The number of phenolic OH excluding ortho intramolecular Hbond substituents is 1. The Morgan fingerprint density at radius 1 is 1.16 bits per heavy atom. The van der Waals surface area contributed by atoms with Crippen molar-refractivity contribution in [3.63, 3.8) is 0 Å². The molecule has 134 valence electrons. The third-order valence-electron chi connectivity index (χ3n) is 3.70. The topological polar surface area (TPSA) is 78.8 Å². The van der Waals surface area contributed by atoms with Crippen LogP contribution in [0.5, 0.6) is 5.75 Å². The summed E-state index contributed by atoms with van der Waals surface area (Å²) in [4.78, 5) is 2.45. The van der Waals surface area contributed by atoms with Gasteiger partial charge in [0.05, 0.1) is 15.6 Å². The second-order valence-corrected chi connectivity index (χ2v) is 9.28. The highest BCUT2D eigenvalue weighted by atomic mass is 79.9. The number of sulfonamides is 1. The van der Waals surface area contributed by atoms with E-state index in [1.807, 2.05) is 26.8 Å². The molecule has 0 heterocycles. The van der Waals surface area contributed by atoms with E-state index in [0.29, 0.717) is 15.6 Å². The van der Waals surface area contributed by atoms with Crippen molar-refractivity contribution in [2.45, 2.75) is 38.0 Å². The SMILES string of the molecule is Cc1ccc(C(C)(C)C)cc1S(=O)(=O)N/N=C/c1ccc(O)c(Br)c1. The van der Waals surface area contributed by atoms with Gasteiger partial charge in [-0.3, -0.25) is 0 Å². The number of hydrazone groups is 1. The molecular weight excluding hydrogens is 404 g/mol. The van der Waals surface area contributed by atoms with Gasteiger partial charge in [0.1, 0.15) is 5.75 Å². The van der Waals surface area contributed by atoms with E-state index in [2.05, 4.69) is 25.9 Å². The van der Waals surface area contributed by atoms with Gasteiger partial charge < -0.3 is 5.11 Å². The zero-order valence-corrected chi connectivity index (χ0v) is 16.9. The number of hydrogen-bond donors (Lipinski definition) is 2. The van der Waals surface area contributed by atoms with Gasteiger partial charge in [0, 0.05) is 0 Å². The molecule has 0 fully saturated rings. The average Bonchev–Trinajstić information content (AvgIpc) is 2.49. The number of phenols is 1. The Morgan fingerprint density at radius 3 is 2.44 bits per heavy atom. The minimum atomic E-state index is -3.77. The van der Waals surface area contributed by atoms with Gasteiger partial charge >= 0.3 is 0 Å². The quantitative estimate of drug-likeness (QED) is 0.573. The molecule has 0 aliphatic rings. The number of nitrogens with zero attached hydrogens (tertiary/aromatic N) is 1. The fourth-order valence-electron chi connectivity index (χ4n) is 2.18. The third kappa shape index (κ3) is 4.83. The first-order chi connectivity index (χ1) is 11.5. The molecule has 0 bridgehead atoms. The minimum Gasteiger partial charge on any atom is -0.507 e. The Hall–Kier alpha value is -1.86. The molecule has 0 atom stereocenters. The number of benzene rings is 2. The van der Waals surface area contributed by atoms with Crippen molar-refractivity contribution in [3.8, 4) is 5.75 Å². The van der Waals surface area contributed by atoms with Gasteiger partial charge in [-0.25, -0.2) is 4.83 Å². The van der Waals surface area contributed by atoms with E-state index in [0.717, 1.165) is 5.56 Å². The van der Waals surface area contributed by atoms with Gasteiger partial charge in [-0.2, -0.15) is 13.5 Å². The van der Waals surface area contributed by atoms with Crippen LogP contribution in [0.3, 0.4) is 0 Å². The summed E-state index contributed by atoms with van der Waals surface area (Å²) in [5.74, 6) is 0.104. The summed E-state index contributed by atoms with van der Waals surface area (Å²) < 4.78 is 25.6. The maximum atomic E-state index is 12.6. The van der Waals surface area contributed by atoms with E-state index in [4.69, 9.17) is 0 Å². The van der Waals surface area contributed by atoms with Crippen LogP contribution in [0.2, 0.25) is 0 Å². The normalized spacial score (nSPS) is 12.5. The van der Waals surface area contributed by atoms with E-state index in [1.165, 1.54) is 12.3 Å². The zero-order chi connectivity index (χ0) is 18.8. The van der Waals surface area contributed by atoms with Crippen molar-refractivity contribution in [2.75, 3.05) is 0 Å². The summed E-state index contributed by atoms with van der Waals surface area (Å²) in [6.45, 7) is 7.84. The summed E-state index contributed by atoms with van der Waals surface area (Å²) in [5, 5.41) is 13.3. The van der Waals surface area contributed by atoms with Crippen molar-refractivity contribution in [1.29, 1.82) is 0 Å². The van der Waals surface area contributed by atoms with Crippen LogP contribution in [0.25, 0.3) is 0 Å². The van der Waals surface area contributed by atoms with Crippen LogP contribution >= 0.6 is 15.9 Å². The van der Waals surface area contributed by atoms with Crippen LogP contribution in [-0.2, 0) is 15.4 Å². The predicted molar refractivity (Wildman–Crippen MR) is 104 cm³/mol. The summed E-state index contributed by atoms with van der Waals surface area (Å²) >= 11 is 3.20. The molecule has 2 N–H and O–H groups in total. The first-order valence-electron chi connectivity index (χ1n) is 7.65. The van der Waals surface area contributed by atoms with Gasteiger partial charge in [-0.15, -0.1) is 0 Å². The molecule has 0 aliphatic heterocycles. The fraction of sp³-hybridized carbons (Fsp3) is 0.278. The van der Waals surface area contributed by atoms with Crippen molar-refractivity contribution >= 4 is 32.2 Å². The first kappa shape index (κ1) is 19.5. The fourth-order valence-corrected chi connectivity index (χ4v) is 3.64. The summed E-state index contributed by atoms with van der Waals surface area (Å²) in [7, 11) is -3.77. The summed E-state index contributed by atoms with van der Waals surface area (Å²) in [5.41, 5.74) is 2.08. The zero-order valence-electron chi connectivity index (χ0n) is 14.5. The van der Waals surface area contributed by atoms with Crippen molar-refractivity contribution in [3.05, 3.63) is 57.6 Å². The molecular formula is C18H21BrN2O3S. The molecule has 0 unspecified atom stereocenters. The van der Waals surface area contributed by atoms with E-state index in [1.54, 1.807) is 31.2 Å². The lowest BCUT2D eigenvalue weighted by atomic mass is 9.87. The Morgan fingerprint density at radius 2 is 1.84 bits per heavy atom. The van der Waals surface area contributed by atoms with E-state index in [9.17, 15) is 13.5 Å². The van der Waals surface area contributed by atoms with Gasteiger partial charge in [-0.1, -0.05) is 32.9 Å². The number of hydrogen-bond acceptors (Lipinski definition) is 4. The molecule has 2 rings (SSSR count). The summed E-state index contributed by atoms with van der Waals surface area (Å²) in [6, 6.07) is 10.2. The van der Waals surface area contributed by atoms with E-state index >= 15 is 0 Å². The second kappa shape index (κ2) is 7.17. The van der Waals surface area contributed by atoms with Crippen LogP contribution in [0, 0.1) is 6.92 Å². The Labute approximate surface area is 157 Å². The molecule has 0 saturated carbocycles. The molecule has 2 aromatic carbocycles. The molecule has 0 amide bonds. The van der Waals surface area contributed by atoms with Crippen molar-refractivity contribution < 1.29 is 13.5 Å². The highest BCUT2D eigenvalue weighted by Crippen LogP contribution is 2.26. The second-order valence-electron chi connectivity index (χ2n) is 6.79. The van der Waals surface area contributed by atoms with Gasteiger partial charge in [0.15, 0.2) is 0 Å². The third-order valence-corrected chi connectivity index (χ3v) is 5.70. The Balaban J connectivity index is 2.27. The van der Waals surface area contributed by atoms with E-state index < -0.39 is 10.0 Å². The first-order valence-corrected chi connectivity index (χ1v) is 9.93. The molecule has 7 heteroatoms. The van der Waals surface area contributed by atoms with Crippen LogP contribution in [0.1, 0.15) is 37.5 Å². The van der Waals surface area contributed by atoms with Gasteiger partial charge in [0.2, 0.25) is 0 Å². The maximum absolute atomic E-state index is 12.6. The van der Waals surface area contributed by atoms with Crippen LogP contribution in [0.4, 0.5) is 0 Å². The Bertz CT molecular complexity index is 916. The molecule has 0 radical (unpaired) electrons. The van der Waals surface area contributed by atoms with Gasteiger partial charge in [0.25, 0.3) is 10.0 Å². The number of rotatable bonds is 4. The predicted octanol–water partition coefficient (Wildman–Crippen LogP) is 4.07. The van der Waals surface area contributed by atoms with Crippen LogP contribution in [-0.4, -0.2) is 19.7 Å². The standard InChI is InChI=1S/C18H21BrN2O3S/c1-12-5-7-14(18(2,3)4)10-17(12)25(23,24)21-20-11-13-6-8-16(22)15(19)9-13/h5-11,21-22H,1-4H3/b20-11+. The maximum Gasteiger partial charge on any atom is 0.276 e. The average molecular weight is 425 g/mol. The summed E-state index contributed by atoms with van der Waals surface area (Å²) in [6.07, 6.45) is 1.38. The highest BCUT2D eigenvalue weighted by Gasteiger charge is 2.21. The smallest absolute Gasteiger partial charge is 0.276 e. The molecule has 0 aliphatic carbocycles. The lowest BCUT2D eigenvalue weighted by molar-refractivity contribution is 0.472. The van der Waals surface area contributed by atoms with E-state index in [-0.39, 0.29) is 16.1 Å². The Kier molecular flexibility index (Phi) is 5.58. The van der Waals surface area contributed by atoms with Gasteiger partial charge in [-0.05, 0) is 69.2 Å². The number of aryl methyl sites for hydroxylation is 1. The van der Waals surface area contributed by atoms with Crippen molar-refractivity contribution in [2.24, 2.45) is 5.10 Å². The lowest BCUT2D eigenvalue weighted by Gasteiger charge is -2.20. The molecule has 0 aromatic heterocycles. The monoisotopic (exact) mass is 424 g/mol. The molecule has 2 aromatic rings. The van der Waals surface area contributed by atoms with Crippen LogP contribution < -0.4 is 4.83 Å². The van der Waals surface area contributed by atoms with Crippen molar-refractivity contribution in [1.82, 2.24) is 4.83 Å². The number of nitrogens with one attached hydrogen (secondary N) is 1. The molecule has 0 saturated heterocycles. The highest BCUT2D eigenvalue weighted by molar-refractivity contribution is 9.10. The number of aromatic hydroxyl groups is 1. The molecule has 25 heavy (non-hydrogen) atoms. The van der Waals surface area contributed by atoms with Crippen LogP contribution in [0.15, 0.2) is 50.9 Å². The number of halogens is 1.